The number of nitro groups is 1. The van der Waals surface area contributed by atoms with Crippen molar-refractivity contribution in [3.8, 4) is 17.2 Å². The number of carbonyl (C=O) groups excluding carboxylic acids is 1. The lowest BCUT2D eigenvalue weighted by atomic mass is 9.93. The molecule has 1 aliphatic rings. The molecule has 0 unspecified atom stereocenters. The maximum Gasteiger partial charge on any atom is 0.338 e. The molecule has 3 aromatic carbocycles. The molecule has 0 saturated heterocycles. The van der Waals surface area contributed by atoms with E-state index in [0.29, 0.717) is 28.3 Å². The van der Waals surface area contributed by atoms with Crippen LogP contribution in [-0.2, 0) is 9.53 Å². The fourth-order valence-corrected chi connectivity index (χ4v) is 3.77. The molecule has 0 bridgehead atoms. The molecule has 3 N–H and O–H groups in total. The van der Waals surface area contributed by atoms with Gasteiger partial charge in [0.05, 0.1) is 29.9 Å². The quantitative estimate of drug-likeness (QED) is 0.271. The van der Waals surface area contributed by atoms with Crippen LogP contribution in [0.3, 0.4) is 0 Å². The molecule has 0 aromatic heterocycles. The third-order valence-corrected chi connectivity index (χ3v) is 5.40. The second-order valence-electron chi connectivity index (χ2n) is 7.68. The van der Waals surface area contributed by atoms with Crippen LogP contribution in [0.25, 0.3) is 5.70 Å². The Bertz CT molecular complexity index is 1340. The lowest BCUT2D eigenvalue weighted by Gasteiger charge is -2.26. The highest BCUT2D eigenvalue weighted by Crippen LogP contribution is 2.39. The number of rotatable bonds is 8. The molecule has 0 amide bonds. The second kappa shape index (κ2) is 10.6. The third-order valence-electron chi connectivity index (χ3n) is 5.40. The zero-order valence-corrected chi connectivity index (χ0v) is 19.6. The summed E-state index contributed by atoms with van der Waals surface area (Å²) in [6.45, 7) is 1.84. The van der Waals surface area contributed by atoms with E-state index in [-0.39, 0.29) is 29.6 Å². The number of hydrogen-bond acceptors (Lipinski definition) is 9. The minimum atomic E-state index is -0.936. The molecule has 36 heavy (non-hydrogen) atoms. The van der Waals surface area contributed by atoms with Crippen LogP contribution in [-0.4, -0.2) is 30.6 Å². The van der Waals surface area contributed by atoms with Crippen molar-refractivity contribution < 1.29 is 23.9 Å². The molecule has 0 spiro atoms. The van der Waals surface area contributed by atoms with Crippen LogP contribution in [0.4, 0.5) is 5.69 Å². The summed E-state index contributed by atoms with van der Waals surface area (Å²) in [5.41, 5.74) is 7.46. The first-order valence-electron chi connectivity index (χ1n) is 11.1. The molecule has 1 atom stereocenters. The maximum absolute atomic E-state index is 13.1. The van der Waals surface area contributed by atoms with Crippen LogP contribution in [0.5, 0.6) is 17.2 Å². The van der Waals surface area contributed by atoms with E-state index in [0.717, 1.165) is 0 Å². The number of esters is 1. The number of carbonyl (C=O) groups is 1. The van der Waals surface area contributed by atoms with Gasteiger partial charge in [-0.05, 0) is 48.4 Å². The predicted octanol–water partition coefficient (Wildman–Crippen LogP) is 4.33. The van der Waals surface area contributed by atoms with Crippen LogP contribution in [0.15, 0.2) is 83.4 Å². The highest BCUT2D eigenvalue weighted by Gasteiger charge is 2.33. The Balaban J connectivity index is 1.79. The molecule has 10 heteroatoms. The van der Waals surface area contributed by atoms with Crippen molar-refractivity contribution in [1.82, 2.24) is 5.32 Å². The van der Waals surface area contributed by atoms with E-state index in [4.69, 9.17) is 19.9 Å². The number of nitro benzene ring substituents is 1. The van der Waals surface area contributed by atoms with E-state index in [1.165, 1.54) is 19.2 Å². The van der Waals surface area contributed by atoms with Gasteiger partial charge in [-0.1, -0.05) is 36.4 Å². The van der Waals surface area contributed by atoms with Crippen LogP contribution in [0.1, 0.15) is 24.1 Å². The maximum atomic E-state index is 13.1. The van der Waals surface area contributed by atoms with Gasteiger partial charge in [-0.25, -0.2) is 9.79 Å². The van der Waals surface area contributed by atoms with Crippen LogP contribution in [0, 0.1) is 10.1 Å². The van der Waals surface area contributed by atoms with Crippen LogP contribution in [0.2, 0.25) is 0 Å². The standard InChI is InChI=1S/C26H24N4O6/c1-3-35-25(31)22-23(16-7-5-4-6-8-16)28-26(27)29-24(22)17-9-14-21(20(15-17)30(32)33)36-19-12-10-18(34-2)11-13-19/h4-15,24H,3H2,1-2H3,(H3,27,28,29)/t24-/m1/s1. The van der Waals surface area contributed by atoms with Crippen molar-refractivity contribution in [2.75, 3.05) is 13.7 Å². The molecule has 0 fully saturated rings. The first kappa shape index (κ1) is 24.3. The number of aliphatic imine (C=N–C) groups is 1. The largest absolute Gasteiger partial charge is 0.497 e. The molecular weight excluding hydrogens is 464 g/mol. The lowest BCUT2D eigenvalue weighted by Crippen LogP contribution is -2.37. The molecular formula is C26H24N4O6. The van der Waals surface area contributed by atoms with Crippen molar-refractivity contribution in [1.29, 1.82) is 0 Å². The van der Waals surface area contributed by atoms with Crippen LogP contribution < -0.4 is 20.5 Å². The Labute approximate surface area is 207 Å². The van der Waals surface area contributed by atoms with E-state index >= 15 is 0 Å². The molecule has 1 heterocycles. The molecule has 0 aliphatic carbocycles. The number of benzene rings is 3. The summed E-state index contributed by atoms with van der Waals surface area (Å²) in [5, 5.41) is 14.9. The summed E-state index contributed by atoms with van der Waals surface area (Å²) >= 11 is 0. The van der Waals surface area contributed by atoms with Gasteiger partial charge in [-0.3, -0.25) is 10.1 Å². The summed E-state index contributed by atoms with van der Waals surface area (Å²) < 4.78 is 16.2. The SMILES string of the molecule is CCOC(=O)C1=C(c2ccccc2)NC(N)=N[C@@H]1c1ccc(Oc2ccc(OC)cc2)c([N+](=O)[O-])c1. The Hall–Kier alpha value is -4.86. The van der Waals surface area contributed by atoms with E-state index in [2.05, 4.69) is 10.3 Å². The first-order chi connectivity index (χ1) is 17.4. The summed E-state index contributed by atoms with van der Waals surface area (Å²) in [5.74, 6) is 0.513. The molecule has 0 saturated carbocycles. The summed E-state index contributed by atoms with van der Waals surface area (Å²) in [6, 6.07) is 19.2. The van der Waals surface area contributed by atoms with Gasteiger partial charge in [0.2, 0.25) is 5.75 Å². The van der Waals surface area contributed by atoms with Gasteiger partial charge >= 0.3 is 11.7 Å². The number of guanidine groups is 1. The van der Waals surface area contributed by atoms with Crippen molar-refractivity contribution >= 4 is 23.3 Å². The predicted molar refractivity (Wildman–Crippen MR) is 134 cm³/mol. The van der Waals surface area contributed by atoms with Gasteiger partial charge in [0.1, 0.15) is 17.5 Å². The average molecular weight is 489 g/mol. The number of ether oxygens (including phenoxy) is 3. The van der Waals surface area contributed by atoms with E-state index in [1.54, 1.807) is 37.3 Å². The zero-order valence-electron chi connectivity index (χ0n) is 19.6. The monoisotopic (exact) mass is 488 g/mol. The van der Waals surface area contributed by atoms with E-state index in [9.17, 15) is 14.9 Å². The van der Waals surface area contributed by atoms with Gasteiger partial charge in [0.15, 0.2) is 5.96 Å². The molecule has 1 aliphatic heterocycles. The summed E-state index contributed by atoms with van der Waals surface area (Å²) in [7, 11) is 1.54. The van der Waals surface area contributed by atoms with Gasteiger partial charge in [0.25, 0.3) is 0 Å². The Kier molecular flexibility index (Phi) is 7.15. The van der Waals surface area contributed by atoms with E-state index < -0.39 is 16.9 Å². The lowest BCUT2D eigenvalue weighted by molar-refractivity contribution is -0.385. The number of methoxy groups -OCH3 is 1. The van der Waals surface area contributed by atoms with E-state index in [1.807, 2.05) is 30.3 Å². The van der Waals surface area contributed by atoms with Gasteiger partial charge < -0.3 is 25.3 Å². The fraction of sp³-hybridized carbons (Fsp3) is 0.154. The normalized spacial score (nSPS) is 14.9. The first-order valence-corrected chi connectivity index (χ1v) is 11.1. The number of nitrogens with two attached hydrogens (primary N) is 1. The summed E-state index contributed by atoms with van der Waals surface area (Å²) in [6.07, 6.45) is 0. The number of hydrogen-bond donors (Lipinski definition) is 2. The molecule has 10 nitrogen and oxygen atoms in total. The second-order valence-corrected chi connectivity index (χ2v) is 7.68. The van der Waals surface area contributed by atoms with Gasteiger partial charge in [-0.2, -0.15) is 0 Å². The Morgan fingerprint density at radius 2 is 1.78 bits per heavy atom. The number of nitrogens with one attached hydrogen (secondary N) is 1. The van der Waals surface area contributed by atoms with Crippen molar-refractivity contribution in [2.45, 2.75) is 13.0 Å². The smallest absolute Gasteiger partial charge is 0.338 e. The minimum absolute atomic E-state index is 0.0322. The third kappa shape index (κ3) is 5.12. The molecule has 184 valence electrons. The van der Waals surface area contributed by atoms with Gasteiger partial charge in [-0.15, -0.1) is 0 Å². The zero-order chi connectivity index (χ0) is 25.7. The average Bonchev–Trinajstić information content (AvgIpc) is 2.89. The van der Waals surface area contributed by atoms with Crippen molar-refractivity contribution in [3.63, 3.8) is 0 Å². The highest BCUT2D eigenvalue weighted by molar-refractivity contribution is 6.04. The van der Waals surface area contributed by atoms with Crippen LogP contribution >= 0.6 is 0 Å². The molecule has 0 radical (unpaired) electrons. The Morgan fingerprint density at radius 3 is 2.42 bits per heavy atom. The Morgan fingerprint density at radius 1 is 1.08 bits per heavy atom. The molecule has 4 rings (SSSR count). The highest BCUT2D eigenvalue weighted by atomic mass is 16.6. The molecule has 3 aromatic rings. The van der Waals surface area contributed by atoms with Crippen molar-refractivity contribution in [3.05, 3.63) is 99.6 Å². The minimum Gasteiger partial charge on any atom is -0.497 e. The van der Waals surface area contributed by atoms with Crippen molar-refractivity contribution in [2.24, 2.45) is 10.7 Å². The summed E-state index contributed by atoms with van der Waals surface area (Å²) in [4.78, 5) is 28.8. The number of nitrogens with zero attached hydrogens (tertiary/aromatic N) is 2. The topological polar surface area (TPSA) is 138 Å². The van der Waals surface area contributed by atoms with Gasteiger partial charge in [0, 0.05) is 6.07 Å². The fourth-order valence-electron chi connectivity index (χ4n) is 3.77.